The summed E-state index contributed by atoms with van der Waals surface area (Å²) in [6.45, 7) is 7.04. The molecule has 0 aliphatic heterocycles. The van der Waals surface area contributed by atoms with Crippen LogP contribution in [0.3, 0.4) is 0 Å². The molecule has 1 aromatic carbocycles. The highest BCUT2D eigenvalue weighted by molar-refractivity contribution is 5.80. The minimum Gasteiger partial charge on any atom is -0.351 e. The zero-order chi connectivity index (χ0) is 16.7. The SMILES string of the molecule is CCc1ccc(C(C)NC(=NC)NCc2ncccc2C)cc1. The molecule has 0 radical (unpaired) electrons. The van der Waals surface area contributed by atoms with Crippen LogP contribution in [0.1, 0.15) is 42.3 Å². The van der Waals surface area contributed by atoms with E-state index in [9.17, 15) is 0 Å². The number of aryl methyl sites for hydroxylation is 2. The summed E-state index contributed by atoms with van der Waals surface area (Å²) in [5.74, 6) is 0.780. The zero-order valence-corrected chi connectivity index (χ0v) is 14.4. The predicted molar refractivity (Wildman–Crippen MR) is 96.5 cm³/mol. The Morgan fingerprint density at radius 1 is 1.22 bits per heavy atom. The topological polar surface area (TPSA) is 49.3 Å². The third kappa shape index (κ3) is 4.81. The molecule has 0 spiro atoms. The van der Waals surface area contributed by atoms with Gasteiger partial charge in [-0.15, -0.1) is 0 Å². The van der Waals surface area contributed by atoms with E-state index in [1.807, 2.05) is 12.3 Å². The lowest BCUT2D eigenvalue weighted by molar-refractivity contribution is 0.682. The maximum absolute atomic E-state index is 4.40. The molecule has 0 bridgehead atoms. The van der Waals surface area contributed by atoms with Gasteiger partial charge in [0, 0.05) is 13.2 Å². The van der Waals surface area contributed by atoms with E-state index in [1.165, 1.54) is 16.7 Å². The van der Waals surface area contributed by atoms with Gasteiger partial charge in [0.1, 0.15) is 0 Å². The summed E-state index contributed by atoms with van der Waals surface area (Å²) < 4.78 is 0. The van der Waals surface area contributed by atoms with Gasteiger partial charge in [-0.3, -0.25) is 9.98 Å². The Bertz CT molecular complexity index is 647. The number of benzene rings is 1. The molecule has 2 rings (SSSR count). The normalized spacial score (nSPS) is 12.8. The molecule has 4 nitrogen and oxygen atoms in total. The van der Waals surface area contributed by atoms with Gasteiger partial charge in [0.15, 0.2) is 5.96 Å². The molecule has 0 saturated heterocycles. The van der Waals surface area contributed by atoms with Gasteiger partial charge < -0.3 is 10.6 Å². The van der Waals surface area contributed by atoms with Crippen LogP contribution in [0.15, 0.2) is 47.6 Å². The van der Waals surface area contributed by atoms with Crippen molar-refractivity contribution in [3.63, 3.8) is 0 Å². The molecule has 2 N–H and O–H groups in total. The van der Waals surface area contributed by atoms with Crippen LogP contribution in [-0.4, -0.2) is 18.0 Å². The van der Waals surface area contributed by atoms with Crippen molar-refractivity contribution in [1.82, 2.24) is 15.6 Å². The number of aromatic nitrogens is 1. The number of guanidine groups is 1. The molecular formula is C19H26N4. The lowest BCUT2D eigenvalue weighted by atomic mass is 10.1. The molecule has 23 heavy (non-hydrogen) atoms. The maximum Gasteiger partial charge on any atom is 0.191 e. The quantitative estimate of drug-likeness (QED) is 0.657. The van der Waals surface area contributed by atoms with Crippen LogP contribution in [0.5, 0.6) is 0 Å². The highest BCUT2D eigenvalue weighted by atomic mass is 15.2. The van der Waals surface area contributed by atoms with Crippen molar-refractivity contribution in [2.45, 2.75) is 39.8 Å². The van der Waals surface area contributed by atoms with E-state index in [2.05, 4.69) is 71.7 Å². The van der Waals surface area contributed by atoms with Gasteiger partial charge in [-0.1, -0.05) is 37.3 Å². The van der Waals surface area contributed by atoms with E-state index < -0.39 is 0 Å². The number of hydrogen-bond acceptors (Lipinski definition) is 2. The Kier molecular flexibility index (Phi) is 6.15. The molecule has 122 valence electrons. The smallest absolute Gasteiger partial charge is 0.191 e. The first-order valence-corrected chi connectivity index (χ1v) is 8.10. The van der Waals surface area contributed by atoms with E-state index in [0.717, 1.165) is 18.1 Å². The van der Waals surface area contributed by atoms with Crippen molar-refractivity contribution in [3.8, 4) is 0 Å². The minimum atomic E-state index is 0.192. The number of pyridine rings is 1. The first kappa shape index (κ1) is 17.0. The monoisotopic (exact) mass is 310 g/mol. The maximum atomic E-state index is 4.40. The average Bonchev–Trinajstić information content (AvgIpc) is 2.59. The van der Waals surface area contributed by atoms with Gasteiger partial charge in [0.25, 0.3) is 0 Å². The fraction of sp³-hybridized carbons (Fsp3) is 0.368. The number of nitrogens with one attached hydrogen (secondary N) is 2. The molecule has 1 unspecified atom stereocenters. The van der Waals surface area contributed by atoms with Crippen molar-refractivity contribution in [3.05, 3.63) is 65.0 Å². The Morgan fingerprint density at radius 3 is 2.57 bits per heavy atom. The second-order valence-corrected chi connectivity index (χ2v) is 5.65. The van der Waals surface area contributed by atoms with Crippen molar-refractivity contribution in [2.75, 3.05) is 7.05 Å². The largest absolute Gasteiger partial charge is 0.351 e. The zero-order valence-electron chi connectivity index (χ0n) is 14.4. The van der Waals surface area contributed by atoms with E-state index in [1.54, 1.807) is 7.05 Å². The summed E-state index contributed by atoms with van der Waals surface area (Å²) in [6, 6.07) is 12.9. The van der Waals surface area contributed by atoms with Gasteiger partial charge in [-0.05, 0) is 43.0 Å². The van der Waals surface area contributed by atoms with E-state index in [0.29, 0.717) is 6.54 Å². The van der Waals surface area contributed by atoms with E-state index in [-0.39, 0.29) is 6.04 Å². The number of hydrogen-bond donors (Lipinski definition) is 2. The molecule has 0 aliphatic carbocycles. The Morgan fingerprint density at radius 2 is 1.96 bits per heavy atom. The van der Waals surface area contributed by atoms with Crippen molar-refractivity contribution in [1.29, 1.82) is 0 Å². The molecule has 0 saturated carbocycles. The first-order chi connectivity index (χ1) is 11.1. The Hall–Kier alpha value is -2.36. The summed E-state index contributed by atoms with van der Waals surface area (Å²) in [6.07, 6.45) is 2.88. The summed E-state index contributed by atoms with van der Waals surface area (Å²) in [4.78, 5) is 8.69. The van der Waals surface area contributed by atoms with E-state index >= 15 is 0 Å². The number of nitrogens with zero attached hydrogens (tertiary/aromatic N) is 2. The van der Waals surface area contributed by atoms with Crippen LogP contribution in [0.4, 0.5) is 0 Å². The van der Waals surface area contributed by atoms with Gasteiger partial charge >= 0.3 is 0 Å². The molecule has 4 heteroatoms. The van der Waals surface area contributed by atoms with Crippen molar-refractivity contribution >= 4 is 5.96 Å². The van der Waals surface area contributed by atoms with Crippen molar-refractivity contribution in [2.24, 2.45) is 4.99 Å². The third-order valence-electron chi connectivity index (χ3n) is 4.01. The molecule has 1 heterocycles. The standard InChI is InChI=1S/C19H26N4/c1-5-16-8-10-17(11-9-16)15(3)23-19(20-4)22-13-18-14(2)7-6-12-21-18/h6-12,15H,5,13H2,1-4H3,(H2,20,22,23). The molecule has 0 fully saturated rings. The summed E-state index contributed by atoms with van der Waals surface area (Å²) in [7, 11) is 1.79. The van der Waals surface area contributed by atoms with Crippen LogP contribution in [0.2, 0.25) is 0 Å². The molecule has 1 atom stereocenters. The van der Waals surface area contributed by atoms with Crippen LogP contribution in [-0.2, 0) is 13.0 Å². The van der Waals surface area contributed by atoms with Crippen LogP contribution >= 0.6 is 0 Å². The minimum absolute atomic E-state index is 0.192. The van der Waals surface area contributed by atoms with Crippen LogP contribution in [0, 0.1) is 6.92 Å². The fourth-order valence-electron chi connectivity index (χ4n) is 2.40. The van der Waals surface area contributed by atoms with Gasteiger partial charge in [0.2, 0.25) is 0 Å². The van der Waals surface area contributed by atoms with Gasteiger partial charge in [0.05, 0.1) is 18.3 Å². The van der Waals surface area contributed by atoms with Gasteiger partial charge in [-0.25, -0.2) is 0 Å². The molecule has 0 amide bonds. The summed E-state index contributed by atoms with van der Waals surface area (Å²) in [5, 5.41) is 6.75. The molecular weight excluding hydrogens is 284 g/mol. The molecule has 2 aromatic rings. The molecule has 0 aliphatic rings. The Labute approximate surface area is 139 Å². The third-order valence-corrected chi connectivity index (χ3v) is 4.01. The second-order valence-electron chi connectivity index (χ2n) is 5.65. The lowest BCUT2D eigenvalue weighted by Gasteiger charge is -2.18. The highest BCUT2D eigenvalue weighted by Crippen LogP contribution is 2.13. The molecule has 1 aromatic heterocycles. The van der Waals surface area contributed by atoms with E-state index in [4.69, 9.17) is 0 Å². The fourth-order valence-corrected chi connectivity index (χ4v) is 2.40. The first-order valence-electron chi connectivity index (χ1n) is 8.10. The second kappa shape index (κ2) is 8.32. The lowest BCUT2D eigenvalue weighted by Crippen LogP contribution is -2.38. The van der Waals surface area contributed by atoms with Crippen LogP contribution < -0.4 is 10.6 Å². The predicted octanol–water partition coefficient (Wildman–Crippen LogP) is 3.38. The van der Waals surface area contributed by atoms with Crippen molar-refractivity contribution < 1.29 is 0 Å². The number of aliphatic imine (C=N–C) groups is 1. The number of rotatable bonds is 5. The Balaban J connectivity index is 1.94. The highest BCUT2D eigenvalue weighted by Gasteiger charge is 2.08. The summed E-state index contributed by atoms with van der Waals surface area (Å²) in [5.41, 5.74) is 4.82. The summed E-state index contributed by atoms with van der Waals surface area (Å²) >= 11 is 0. The van der Waals surface area contributed by atoms with Crippen LogP contribution in [0.25, 0.3) is 0 Å². The van der Waals surface area contributed by atoms with Gasteiger partial charge in [-0.2, -0.15) is 0 Å². The average molecular weight is 310 g/mol.